The highest BCUT2D eigenvalue weighted by Crippen LogP contribution is 2.15. The molecule has 2 aromatic rings. The summed E-state index contributed by atoms with van der Waals surface area (Å²) in [5.41, 5.74) is 1.93. The lowest BCUT2D eigenvalue weighted by molar-refractivity contribution is -0.128. The van der Waals surface area contributed by atoms with Crippen LogP contribution < -0.4 is 5.32 Å². The Labute approximate surface area is 111 Å². The van der Waals surface area contributed by atoms with Crippen LogP contribution in [-0.2, 0) is 16.1 Å². The number of carbonyl (C=O) groups excluding carboxylic acids is 1. The molecule has 1 aromatic heterocycles. The molecule has 0 unspecified atom stereocenters. The summed E-state index contributed by atoms with van der Waals surface area (Å²) in [6, 6.07) is 7.85. The molecule has 5 nitrogen and oxygen atoms in total. The molecule has 3 rings (SSSR count). The van der Waals surface area contributed by atoms with E-state index >= 15 is 0 Å². The maximum Gasteiger partial charge on any atom is 0.223 e. The van der Waals surface area contributed by atoms with Crippen LogP contribution in [0.15, 0.2) is 24.3 Å². The van der Waals surface area contributed by atoms with Crippen molar-refractivity contribution < 1.29 is 9.53 Å². The van der Waals surface area contributed by atoms with E-state index in [0.717, 1.165) is 29.7 Å². The zero-order chi connectivity index (χ0) is 13.1. The van der Waals surface area contributed by atoms with Crippen molar-refractivity contribution >= 4 is 16.9 Å². The van der Waals surface area contributed by atoms with Gasteiger partial charge in [-0.15, -0.1) is 0 Å². The van der Waals surface area contributed by atoms with Gasteiger partial charge in [0.1, 0.15) is 5.82 Å². The number of carbonyl (C=O) groups is 1. The first-order valence-electron chi connectivity index (χ1n) is 6.62. The van der Waals surface area contributed by atoms with E-state index in [9.17, 15) is 4.79 Å². The molecule has 1 aromatic carbocycles. The summed E-state index contributed by atoms with van der Waals surface area (Å²) < 4.78 is 5.25. The molecular weight excluding hydrogens is 242 g/mol. The van der Waals surface area contributed by atoms with Gasteiger partial charge >= 0.3 is 0 Å². The second-order valence-electron chi connectivity index (χ2n) is 4.81. The van der Waals surface area contributed by atoms with E-state index in [1.807, 2.05) is 24.3 Å². The van der Waals surface area contributed by atoms with E-state index < -0.39 is 0 Å². The lowest BCUT2D eigenvalue weighted by Crippen LogP contribution is -2.34. The van der Waals surface area contributed by atoms with Gasteiger partial charge < -0.3 is 15.0 Å². The van der Waals surface area contributed by atoms with E-state index in [0.29, 0.717) is 19.8 Å². The molecule has 19 heavy (non-hydrogen) atoms. The highest BCUT2D eigenvalue weighted by atomic mass is 16.5. The summed E-state index contributed by atoms with van der Waals surface area (Å²) in [5, 5.41) is 2.94. The molecule has 0 aliphatic carbocycles. The van der Waals surface area contributed by atoms with Gasteiger partial charge in [0.2, 0.25) is 5.91 Å². The normalized spacial score (nSPS) is 16.6. The van der Waals surface area contributed by atoms with Gasteiger partial charge in [-0.1, -0.05) is 12.1 Å². The Bertz CT molecular complexity index is 540. The number of ether oxygens (including phenoxy) is 1. The Morgan fingerprint density at radius 3 is 2.95 bits per heavy atom. The molecule has 1 fully saturated rings. The molecule has 0 spiro atoms. The molecule has 5 heteroatoms. The molecular formula is C14H17N3O2. The van der Waals surface area contributed by atoms with Crippen molar-refractivity contribution in [3.05, 3.63) is 30.1 Å². The standard InChI is InChI=1S/C14H17N3O2/c18-14(10-5-7-19-8-6-10)15-9-13-16-11-3-1-2-4-12(11)17-13/h1-4,10H,5-9H2,(H,15,18)(H,16,17). The number of hydrogen-bond donors (Lipinski definition) is 2. The van der Waals surface area contributed by atoms with Crippen LogP contribution in [0.25, 0.3) is 11.0 Å². The number of aromatic nitrogens is 2. The first-order chi connectivity index (χ1) is 9.33. The first-order valence-corrected chi connectivity index (χ1v) is 6.62. The van der Waals surface area contributed by atoms with Crippen LogP contribution in [-0.4, -0.2) is 29.1 Å². The number of H-pyrrole nitrogens is 1. The number of nitrogens with one attached hydrogen (secondary N) is 2. The largest absolute Gasteiger partial charge is 0.381 e. The molecule has 2 N–H and O–H groups in total. The van der Waals surface area contributed by atoms with Crippen molar-refractivity contribution in [2.75, 3.05) is 13.2 Å². The Morgan fingerprint density at radius 1 is 1.37 bits per heavy atom. The molecule has 0 bridgehead atoms. The van der Waals surface area contributed by atoms with Gasteiger partial charge in [-0.3, -0.25) is 4.79 Å². The highest BCUT2D eigenvalue weighted by molar-refractivity contribution is 5.79. The number of para-hydroxylation sites is 2. The average Bonchev–Trinajstić information content (AvgIpc) is 2.88. The maximum absolute atomic E-state index is 12.0. The number of aromatic amines is 1. The molecule has 0 radical (unpaired) electrons. The van der Waals surface area contributed by atoms with Crippen LogP contribution in [0.5, 0.6) is 0 Å². The number of hydrogen-bond acceptors (Lipinski definition) is 3. The number of benzene rings is 1. The van der Waals surface area contributed by atoms with E-state index in [4.69, 9.17) is 4.74 Å². The van der Waals surface area contributed by atoms with E-state index in [1.165, 1.54) is 0 Å². The van der Waals surface area contributed by atoms with Crippen LogP contribution in [0.1, 0.15) is 18.7 Å². The van der Waals surface area contributed by atoms with E-state index in [2.05, 4.69) is 15.3 Å². The average molecular weight is 259 g/mol. The fourth-order valence-corrected chi connectivity index (χ4v) is 2.36. The van der Waals surface area contributed by atoms with Gasteiger partial charge in [0.15, 0.2) is 0 Å². The van der Waals surface area contributed by atoms with Gasteiger partial charge in [-0.05, 0) is 25.0 Å². The first kappa shape index (κ1) is 12.2. The molecule has 2 heterocycles. The van der Waals surface area contributed by atoms with Crippen molar-refractivity contribution in [1.82, 2.24) is 15.3 Å². The van der Waals surface area contributed by atoms with Crippen molar-refractivity contribution in [3.8, 4) is 0 Å². The zero-order valence-electron chi connectivity index (χ0n) is 10.7. The van der Waals surface area contributed by atoms with Gasteiger partial charge in [0, 0.05) is 19.1 Å². The minimum Gasteiger partial charge on any atom is -0.381 e. The van der Waals surface area contributed by atoms with Crippen LogP contribution in [0.3, 0.4) is 0 Å². The summed E-state index contributed by atoms with van der Waals surface area (Å²) in [6.45, 7) is 1.82. The summed E-state index contributed by atoms with van der Waals surface area (Å²) in [7, 11) is 0. The van der Waals surface area contributed by atoms with Crippen molar-refractivity contribution in [3.63, 3.8) is 0 Å². The van der Waals surface area contributed by atoms with Gasteiger partial charge in [-0.25, -0.2) is 4.98 Å². The molecule has 100 valence electrons. The van der Waals surface area contributed by atoms with Crippen molar-refractivity contribution in [2.24, 2.45) is 5.92 Å². The van der Waals surface area contributed by atoms with Crippen LogP contribution in [0, 0.1) is 5.92 Å². The number of amides is 1. The smallest absolute Gasteiger partial charge is 0.223 e. The second kappa shape index (κ2) is 5.40. The predicted molar refractivity (Wildman–Crippen MR) is 71.5 cm³/mol. The number of nitrogens with zero attached hydrogens (tertiary/aromatic N) is 1. The molecule has 0 atom stereocenters. The molecule has 1 aliphatic heterocycles. The highest BCUT2D eigenvalue weighted by Gasteiger charge is 2.21. The fourth-order valence-electron chi connectivity index (χ4n) is 2.36. The summed E-state index contributed by atoms with van der Waals surface area (Å²) in [6.07, 6.45) is 1.62. The van der Waals surface area contributed by atoms with Crippen LogP contribution in [0.4, 0.5) is 0 Å². The summed E-state index contributed by atoms with van der Waals surface area (Å²) >= 11 is 0. The lowest BCUT2D eigenvalue weighted by Gasteiger charge is -2.20. The lowest BCUT2D eigenvalue weighted by atomic mass is 9.99. The minimum absolute atomic E-state index is 0.0816. The molecule has 1 aliphatic rings. The third-order valence-electron chi connectivity index (χ3n) is 3.46. The molecule has 1 saturated heterocycles. The number of rotatable bonds is 3. The molecule has 0 saturated carbocycles. The third kappa shape index (κ3) is 2.76. The number of imidazole rings is 1. The van der Waals surface area contributed by atoms with E-state index in [1.54, 1.807) is 0 Å². The van der Waals surface area contributed by atoms with Gasteiger partial charge in [0.25, 0.3) is 0 Å². The Kier molecular flexibility index (Phi) is 3.46. The Hall–Kier alpha value is -1.88. The summed E-state index contributed by atoms with van der Waals surface area (Å²) in [4.78, 5) is 19.6. The maximum atomic E-state index is 12.0. The Balaban J connectivity index is 1.60. The second-order valence-corrected chi connectivity index (χ2v) is 4.81. The Morgan fingerprint density at radius 2 is 2.16 bits per heavy atom. The third-order valence-corrected chi connectivity index (χ3v) is 3.46. The van der Waals surface area contributed by atoms with Crippen molar-refractivity contribution in [1.29, 1.82) is 0 Å². The van der Waals surface area contributed by atoms with Gasteiger partial charge in [0.05, 0.1) is 17.6 Å². The van der Waals surface area contributed by atoms with Gasteiger partial charge in [-0.2, -0.15) is 0 Å². The monoisotopic (exact) mass is 259 g/mol. The van der Waals surface area contributed by atoms with E-state index in [-0.39, 0.29) is 11.8 Å². The van der Waals surface area contributed by atoms with Crippen LogP contribution in [0.2, 0.25) is 0 Å². The topological polar surface area (TPSA) is 67.0 Å². The summed E-state index contributed by atoms with van der Waals surface area (Å²) in [5.74, 6) is 0.975. The van der Waals surface area contributed by atoms with Crippen molar-refractivity contribution in [2.45, 2.75) is 19.4 Å². The van der Waals surface area contributed by atoms with Crippen LogP contribution >= 0.6 is 0 Å². The number of fused-ring (bicyclic) bond motifs is 1. The minimum atomic E-state index is 0.0816. The zero-order valence-corrected chi connectivity index (χ0v) is 10.7. The molecule has 1 amide bonds. The SMILES string of the molecule is O=C(NCc1nc2ccccc2[nH]1)C1CCOCC1. The predicted octanol–water partition coefficient (Wildman–Crippen LogP) is 1.61. The quantitative estimate of drug-likeness (QED) is 0.880. The fraction of sp³-hybridized carbons (Fsp3) is 0.429.